The molecule has 2 aromatic heterocycles. The largest absolute Gasteiger partial charge is 0.431 e. The maximum absolute atomic E-state index is 12.8. The third-order valence-electron chi connectivity index (χ3n) is 6.18. The summed E-state index contributed by atoms with van der Waals surface area (Å²) in [6.07, 6.45) is 5.90. The highest BCUT2D eigenvalue weighted by atomic mass is 16.4. The lowest BCUT2D eigenvalue weighted by atomic mass is 10.1. The number of rotatable bonds is 6. The van der Waals surface area contributed by atoms with Gasteiger partial charge in [-0.15, -0.1) is 0 Å². The van der Waals surface area contributed by atoms with E-state index in [9.17, 15) is 9.59 Å². The zero-order valence-corrected chi connectivity index (χ0v) is 18.3. The van der Waals surface area contributed by atoms with E-state index in [4.69, 9.17) is 4.42 Å². The predicted octanol–water partition coefficient (Wildman–Crippen LogP) is 2.30. The number of aromatic nitrogens is 3. The van der Waals surface area contributed by atoms with Crippen molar-refractivity contribution < 1.29 is 9.21 Å². The van der Waals surface area contributed by atoms with Gasteiger partial charge in [0.2, 0.25) is 5.91 Å². The Bertz CT molecular complexity index is 1290. The third-order valence-corrected chi connectivity index (χ3v) is 6.18. The second-order valence-corrected chi connectivity index (χ2v) is 8.29. The fourth-order valence-electron chi connectivity index (χ4n) is 4.23. The van der Waals surface area contributed by atoms with E-state index in [1.54, 1.807) is 11.0 Å². The van der Waals surface area contributed by atoms with Crippen molar-refractivity contribution in [2.24, 2.45) is 0 Å². The van der Waals surface area contributed by atoms with E-state index < -0.39 is 0 Å². The Morgan fingerprint density at radius 2 is 1.76 bits per heavy atom. The highest BCUT2D eigenvalue weighted by Gasteiger charge is 2.21. The highest BCUT2D eigenvalue weighted by Crippen LogP contribution is 2.15. The van der Waals surface area contributed by atoms with Crippen molar-refractivity contribution in [2.45, 2.75) is 12.8 Å². The molecular weight excluding hydrogens is 418 g/mol. The summed E-state index contributed by atoms with van der Waals surface area (Å²) in [5.74, 6) is 0.163. The van der Waals surface area contributed by atoms with Crippen molar-refractivity contribution in [2.75, 3.05) is 32.7 Å². The molecule has 1 aliphatic rings. The molecule has 0 bridgehead atoms. The average Bonchev–Trinajstić information content (AvgIpc) is 3.39. The van der Waals surface area contributed by atoms with Crippen LogP contribution in [0.5, 0.6) is 0 Å². The number of piperazine rings is 1. The Hall–Kier alpha value is -3.78. The van der Waals surface area contributed by atoms with E-state index in [1.807, 2.05) is 47.4 Å². The van der Waals surface area contributed by atoms with Gasteiger partial charge in [0.25, 0.3) is 0 Å². The van der Waals surface area contributed by atoms with Gasteiger partial charge in [0.05, 0.1) is 23.8 Å². The molecule has 0 saturated carbocycles. The van der Waals surface area contributed by atoms with E-state index >= 15 is 0 Å². The first kappa shape index (κ1) is 21.1. The molecule has 0 radical (unpaired) electrons. The molecule has 3 heterocycles. The van der Waals surface area contributed by atoms with E-state index in [0.717, 1.165) is 55.8 Å². The minimum absolute atomic E-state index is 0.163. The van der Waals surface area contributed by atoms with Gasteiger partial charge in [0.15, 0.2) is 0 Å². The van der Waals surface area contributed by atoms with Crippen LogP contribution >= 0.6 is 0 Å². The van der Waals surface area contributed by atoms with Gasteiger partial charge < -0.3 is 9.32 Å². The van der Waals surface area contributed by atoms with Crippen LogP contribution in [0.25, 0.3) is 16.5 Å². The van der Waals surface area contributed by atoms with Gasteiger partial charge in [0, 0.05) is 32.7 Å². The number of benzene rings is 2. The Morgan fingerprint density at radius 1 is 0.970 bits per heavy atom. The molecule has 8 heteroatoms. The predicted molar refractivity (Wildman–Crippen MR) is 124 cm³/mol. The Balaban J connectivity index is 1.10. The van der Waals surface area contributed by atoms with Gasteiger partial charge in [0.1, 0.15) is 12.7 Å². The monoisotopic (exact) mass is 443 g/mol. The molecule has 8 nitrogen and oxygen atoms in total. The Morgan fingerprint density at radius 3 is 2.52 bits per heavy atom. The number of carbonyl (C=O) groups excluding carboxylic acids is 1. The minimum Gasteiger partial charge on any atom is -0.431 e. The fourth-order valence-corrected chi connectivity index (χ4v) is 4.23. The van der Waals surface area contributed by atoms with Gasteiger partial charge in [-0.2, -0.15) is 5.10 Å². The summed E-state index contributed by atoms with van der Waals surface area (Å²) in [5.41, 5.74) is 2.82. The van der Waals surface area contributed by atoms with Crippen molar-refractivity contribution in [1.82, 2.24) is 24.6 Å². The smallest absolute Gasteiger partial charge is 0.343 e. The van der Waals surface area contributed by atoms with E-state index in [2.05, 4.69) is 21.0 Å². The lowest BCUT2D eigenvalue weighted by molar-refractivity contribution is -0.132. The summed E-state index contributed by atoms with van der Waals surface area (Å²) >= 11 is 0. The summed E-state index contributed by atoms with van der Waals surface area (Å²) in [6, 6.07) is 15.6. The summed E-state index contributed by atoms with van der Waals surface area (Å²) in [7, 11) is 0. The molecule has 1 aliphatic heterocycles. The number of amides is 1. The molecule has 0 N–H and O–H groups in total. The SMILES string of the molecule is O=C(Cc1ccc(-n2cncn2)cc1)N1CCN(CCc2ccc3c(=O)occc3c2)CC1. The summed E-state index contributed by atoms with van der Waals surface area (Å²) in [5, 5.41) is 5.64. The number of fused-ring (bicyclic) bond motifs is 1. The number of hydrogen-bond acceptors (Lipinski definition) is 6. The fraction of sp³-hybridized carbons (Fsp3) is 0.280. The molecular formula is C25H25N5O3. The van der Waals surface area contributed by atoms with Crippen LogP contribution in [0.1, 0.15) is 11.1 Å². The van der Waals surface area contributed by atoms with Crippen molar-refractivity contribution in [3.8, 4) is 5.69 Å². The zero-order chi connectivity index (χ0) is 22.6. The summed E-state index contributed by atoms with van der Waals surface area (Å²) in [6.45, 7) is 4.16. The molecule has 1 amide bonds. The van der Waals surface area contributed by atoms with Crippen molar-refractivity contribution in [3.05, 3.63) is 89.0 Å². The van der Waals surface area contributed by atoms with Crippen LogP contribution in [0.2, 0.25) is 0 Å². The van der Waals surface area contributed by atoms with Gasteiger partial charge in [-0.1, -0.05) is 24.3 Å². The second-order valence-electron chi connectivity index (χ2n) is 8.29. The van der Waals surface area contributed by atoms with E-state index in [-0.39, 0.29) is 11.5 Å². The van der Waals surface area contributed by atoms with Crippen molar-refractivity contribution in [1.29, 1.82) is 0 Å². The standard InChI is InChI=1S/C25H25N5O3/c31-24(16-19-1-4-22(5-2-19)30-18-26-17-27-30)29-12-10-28(11-13-29)9-7-20-3-6-23-21(15-20)8-14-33-25(23)32/h1-6,8,14-15,17-18H,7,9-13,16H2. The molecule has 33 heavy (non-hydrogen) atoms. The first-order valence-corrected chi connectivity index (χ1v) is 11.1. The molecule has 0 atom stereocenters. The normalized spacial score (nSPS) is 14.6. The molecule has 0 spiro atoms. The molecule has 4 aromatic rings. The van der Waals surface area contributed by atoms with Crippen LogP contribution in [-0.4, -0.2) is 63.2 Å². The molecule has 0 aliphatic carbocycles. The third kappa shape index (κ3) is 4.85. The molecule has 168 valence electrons. The van der Waals surface area contributed by atoms with E-state index in [0.29, 0.717) is 11.8 Å². The van der Waals surface area contributed by atoms with Crippen LogP contribution in [0.15, 0.2) is 76.7 Å². The van der Waals surface area contributed by atoms with Gasteiger partial charge >= 0.3 is 5.63 Å². The van der Waals surface area contributed by atoms with E-state index in [1.165, 1.54) is 18.2 Å². The summed E-state index contributed by atoms with van der Waals surface area (Å²) < 4.78 is 6.62. The lowest BCUT2D eigenvalue weighted by Crippen LogP contribution is -2.49. The van der Waals surface area contributed by atoms with Crippen molar-refractivity contribution >= 4 is 16.7 Å². The molecule has 2 aromatic carbocycles. The second kappa shape index (κ2) is 9.38. The maximum atomic E-state index is 12.8. The molecule has 5 rings (SSSR count). The Labute approximate surface area is 191 Å². The van der Waals surface area contributed by atoms with Crippen LogP contribution in [-0.2, 0) is 17.6 Å². The minimum atomic E-state index is -0.300. The molecule has 1 fully saturated rings. The van der Waals surface area contributed by atoms with Crippen LogP contribution in [0, 0.1) is 0 Å². The first-order valence-electron chi connectivity index (χ1n) is 11.1. The number of nitrogens with zero attached hydrogens (tertiary/aromatic N) is 5. The topological polar surface area (TPSA) is 84.5 Å². The van der Waals surface area contributed by atoms with Crippen LogP contribution in [0.3, 0.4) is 0 Å². The highest BCUT2D eigenvalue weighted by molar-refractivity contribution is 5.81. The average molecular weight is 444 g/mol. The lowest BCUT2D eigenvalue weighted by Gasteiger charge is -2.34. The van der Waals surface area contributed by atoms with Crippen LogP contribution < -0.4 is 5.63 Å². The number of hydrogen-bond donors (Lipinski definition) is 0. The van der Waals surface area contributed by atoms with Crippen molar-refractivity contribution in [3.63, 3.8) is 0 Å². The first-order chi connectivity index (χ1) is 16.2. The van der Waals surface area contributed by atoms with Gasteiger partial charge in [-0.3, -0.25) is 9.69 Å². The molecule has 0 unspecified atom stereocenters. The van der Waals surface area contributed by atoms with Crippen LogP contribution in [0.4, 0.5) is 0 Å². The summed E-state index contributed by atoms with van der Waals surface area (Å²) in [4.78, 5) is 32.8. The molecule has 1 saturated heterocycles. The zero-order valence-electron chi connectivity index (χ0n) is 18.3. The van der Waals surface area contributed by atoms with Gasteiger partial charge in [-0.05, 0) is 47.2 Å². The quantitative estimate of drug-likeness (QED) is 0.455. The maximum Gasteiger partial charge on any atom is 0.343 e. The number of carbonyl (C=O) groups is 1. The Kier molecular flexibility index (Phi) is 5.99. The van der Waals surface area contributed by atoms with Gasteiger partial charge in [-0.25, -0.2) is 14.5 Å².